The highest BCUT2D eigenvalue weighted by molar-refractivity contribution is 5.72. The van der Waals surface area contributed by atoms with Crippen molar-refractivity contribution in [1.29, 1.82) is 0 Å². The third-order valence-corrected chi connectivity index (χ3v) is 5.98. The average Bonchev–Trinajstić information content (AvgIpc) is 2.55. The maximum atomic E-state index is 12.5. The maximum Gasteiger partial charge on any atom is 0.309 e. The molecule has 2 rings (SSSR count). The molecule has 0 aliphatic heterocycles. The average molecular weight is 324 g/mol. The van der Waals surface area contributed by atoms with Crippen molar-refractivity contribution in [1.82, 2.24) is 0 Å². The lowest BCUT2D eigenvalue weighted by atomic mass is 9.79. The van der Waals surface area contributed by atoms with Gasteiger partial charge in [-0.3, -0.25) is 4.79 Å². The summed E-state index contributed by atoms with van der Waals surface area (Å²) in [4.78, 5) is 12.5. The van der Waals surface area contributed by atoms with Gasteiger partial charge in [-0.05, 0) is 82.5 Å². The molecule has 2 aliphatic carbocycles. The quantitative estimate of drug-likeness (QED) is 0.683. The Balaban J connectivity index is 1.72. The van der Waals surface area contributed by atoms with E-state index >= 15 is 0 Å². The van der Waals surface area contributed by atoms with Gasteiger partial charge in [0.2, 0.25) is 0 Å². The summed E-state index contributed by atoms with van der Waals surface area (Å²) in [7, 11) is 0. The summed E-state index contributed by atoms with van der Waals surface area (Å²) >= 11 is 0. The van der Waals surface area contributed by atoms with E-state index in [0.29, 0.717) is 12.0 Å². The Morgan fingerprint density at radius 3 is 2.35 bits per heavy atom. The molecule has 0 aromatic heterocycles. The van der Waals surface area contributed by atoms with Crippen molar-refractivity contribution >= 4 is 5.97 Å². The SMILES string of the molecule is CCC(CC(C)CC1CCC(N)CC1)C(=O)OC1CCCCC1. The fourth-order valence-corrected chi connectivity index (χ4v) is 4.45. The molecule has 0 amide bonds. The van der Waals surface area contributed by atoms with Crippen LogP contribution in [0.1, 0.15) is 90.9 Å². The normalized spacial score (nSPS) is 29.0. The number of nitrogens with two attached hydrogens (primary N) is 1. The van der Waals surface area contributed by atoms with E-state index in [9.17, 15) is 4.79 Å². The molecule has 23 heavy (non-hydrogen) atoms. The van der Waals surface area contributed by atoms with E-state index < -0.39 is 0 Å². The van der Waals surface area contributed by atoms with Crippen LogP contribution in [0, 0.1) is 17.8 Å². The van der Waals surface area contributed by atoms with Crippen molar-refractivity contribution in [2.45, 2.75) is 103 Å². The van der Waals surface area contributed by atoms with Gasteiger partial charge >= 0.3 is 5.97 Å². The van der Waals surface area contributed by atoms with Crippen LogP contribution in [-0.4, -0.2) is 18.1 Å². The lowest BCUT2D eigenvalue weighted by molar-refractivity contribution is -0.156. The van der Waals surface area contributed by atoms with Gasteiger partial charge in [0.05, 0.1) is 5.92 Å². The largest absolute Gasteiger partial charge is 0.462 e. The Morgan fingerprint density at radius 1 is 1.09 bits per heavy atom. The lowest BCUT2D eigenvalue weighted by Crippen LogP contribution is -2.29. The first-order valence-electron chi connectivity index (χ1n) is 10.0. The Labute approximate surface area is 142 Å². The van der Waals surface area contributed by atoms with Crippen molar-refractivity contribution < 1.29 is 9.53 Å². The molecule has 134 valence electrons. The third kappa shape index (κ3) is 6.45. The van der Waals surface area contributed by atoms with Gasteiger partial charge in [-0.15, -0.1) is 0 Å². The molecular weight excluding hydrogens is 286 g/mol. The van der Waals surface area contributed by atoms with E-state index in [1.54, 1.807) is 0 Å². The van der Waals surface area contributed by atoms with Crippen molar-refractivity contribution in [3.05, 3.63) is 0 Å². The zero-order valence-corrected chi connectivity index (χ0v) is 15.3. The van der Waals surface area contributed by atoms with Gasteiger partial charge < -0.3 is 10.5 Å². The fourth-order valence-electron chi connectivity index (χ4n) is 4.45. The molecule has 0 aromatic rings. The Bertz CT molecular complexity index is 344. The van der Waals surface area contributed by atoms with Crippen molar-refractivity contribution in [3.8, 4) is 0 Å². The highest BCUT2D eigenvalue weighted by Gasteiger charge is 2.27. The Hall–Kier alpha value is -0.570. The van der Waals surface area contributed by atoms with Crippen LogP contribution in [0.5, 0.6) is 0 Å². The van der Waals surface area contributed by atoms with Gasteiger partial charge in [0.25, 0.3) is 0 Å². The molecule has 3 nitrogen and oxygen atoms in total. The molecule has 2 N–H and O–H groups in total. The second kappa shape index (κ2) is 9.66. The molecule has 3 heteroatoms. The van der Waals surface area contributed by atoms with Crippen molar-refractivity contribution in [2.24, 2.45) is 23.5 Å². The zero-order chi connectivity index (χ0) is 16.7. The van der Waals surface area contributed by atoms with Crippen LogP contribution in [-0.2, 0) is 9.53 Å². The maximum absolute atomic E-state index is 12.5. The standard InChI is InChI=1S/C20H37NO2/c1-3-17(20(22)23-19-7-5-4-6-8-19)14-15(2)13-16-9-11-18(21)12-10-16/h15-19H,3-14,21H2,1-2H3. The van der Waals surface area contributed by atoms with E-state index in [1.807, 2.05) is 0 Å². The van der Waals surface area contributed by atoms with Gasteiger partial charge in [0.1, 0.15) is 6.10 Å². The molecule has 0 bridgehead atoms. The van der Waals surface area contributed by atoms with E-state index in [4.69, 9.17) is 10.5 Å². The van der Waals surface area contributed by atoms with Crippen LogP contribution in [0.15, 0.2) is 0 Å². The molecule has 0 heterocycles. The molecule has 0 radical (unpaired) electrons. The molecule has 0 spiro atoms. The molecule has 2 aliphatic rings. The predicted molar refractivity (Wildman–Crippen MR) is 95.1 cm³/mol. The fraction of sp³-hybridized carbons (Fsp3) is 0.950. The number of esters is 1. The minimum atomic E-state index is 0.0666. The highest BCUT2D eigenvalue weighted by Crippen LogP contribution is 2.32. The predicted octanol–water partition coefficient (Wildman–Crippen LogP) is 4.82. The third-order valence-electron chi connectivity index (χ3n) is 5.98. The lowest BCUT2D eigenvalue weighted by Gasteiger charge is -2.29. The zero-order valence-electron chi connectivity index (χ0n) is 15.3. The summed E-state index contributed by atoms with van der Waals surface area (Å²) in [6, 6.07) is 0.426. The molecular formula is C20H37NO2. The van der Waals surface area contributed by atoms with Crippen molar-refractivity contribution in [2.75, 3.05) is 0 Å². The second-order valence-electron chi connectivity index (χ2n) is 8.16. The minimum Gasteiger partial charge on any atom is -0.462 e. The number of ether oxygens (including phenoxy) is 1. The van der Waals surface area contributed by atoms with Gasteiger partial charge in [-0.1, -0.05) is 20.3 Å². The number of carbonyl (C=O) groups excluding carboxylic acids is 1. The van der Waals surface area contributed by atoms with Crippen LogP contribution < -0.4 is 5.73 Å². The summed E-state index contributed by atoms with van der Waals surface area (Å²) < 4.78 is 5.79. The first-order chi connectivity index (χ1) is 11.1. The summed E-state index contributed by atoms with van der Waals surface area (Å²) in [6.07, 6.45) is 14.1. The summed E-state index contributed by atoms with van der Waals surface area (Å²) in [5.41, 5.74) is 6.00. The number of hydrogen-bond acceptors (Lipinski definition) is 3. The van der Waals surface area contributed by atoms with E-state index in [1.165, 1.54) is 51.4 Å². The van der Waals surface area contributed by atoms with E-state index in [-0.39, 0.29) is 18.0 Å². The first-order valence-corrected chi connectivity index (χ1v) is 10.0. The molecule has 2 unspecified atom stereocenters. The smallest absolute Gasteiger partial charge is 0.309 e. The van der Waals surface area contributed by atoms with Gasteiger partial charge in [-0.2, -0.15) is 0 Å². The first kappa shape index (κ1) is 18.8. The highest BCUT2D eigenvalue weighted by atomic mass is 16.5. The minimum absolute atomic E-state index is 0.0666. The molecule has 0 aromatic carbocycles. The van der Waals surface area contributed by atoms with E-state index in [0.717, 1.165) is 31.6 Å². The van der Waals surface area contributed by atoms with Gasteiger partial charge in [0.15, 0.2) is 0 Å². The van der Waals surface area contributed by atoms with Gasteiger partial charge in [0, 0.05) is 6.04 Å². The molecule has 2 saturated carbocycles. The molecule has 0 saturated heterocycles. The Morgan fingerprint density at radius 2 is 1.74 bits per heavy atom. The second-order valence-corrected chi connectivity index (χ2v) is 8.16. The van der Waals surface area contributed by atoms with Crippen LogP contribution in [0.3, 0.4) is 0 Å². The number of rotatable bonds is 7. The molecule has 2 atom stereocenters. The van der Waals surface area contributed by atoms with Crippen LogP contribution in [0.4, 0.5) is 0 Å². The van der Waals surface area contributed by atoms with Crippen LogP contribution >= 0.6 is 0 Å². The van der Waals surface area contributed by atoms with Crippen molar-refractivity contribution in [3.63, 3.8) is 0 Å². The summed E-state index contributed by atoms with van der Waals surface area (Å²) in [5, 5.41) is 0. The van der Waals surface area contributed by atoms with E-state index in [2.05, 4.69) is 13.8 Å². The molecule has 2 fully saturated rings. The van der Waals surface area contributed by atoms with Crippen LogP contribution in [0.25, 0.3) is 0 Å². The summed E-state index contributed by atoms with van der Waals surface area (Å²) in [5.74, 6) is 1.59. The van der Waals surface area contributed by atoms with Crippen LogP contribution in [0.2, 0.25) is 0 Å². The topological polar surface area (TPSA) is 52.3 Å². The monoisotopic (exact) mass is 323 g/mol. The van der Waals surface area contributed by atoms with Gasteiger partial charge in [-0.25, -0.2) is 0 Å². The number of carbonyl (C=O) groups is 1. The summed E-state index contributed by atoms with van der Waals surface area (Å²) in [6.45, 7) is 4.43. The number of hydrogen-bond donors (Lipinski definition) is 1. The Kier molecular flexibility index (Phi) is 7.88.